The third kappa shape index (κ3) is 7.02. The quantitative estimate of drug-likeness (QED) is 0.266. The number of aromatic nitrogens is 1. The Hall–Kier alpha value is -1.97. The van der Waals surface area contributed by atoms with Crippen LogP contribution in [0.25, 0.3) is 11.3 Å². The van der Waals surface area contributed by atoms with E-state index in [-0.39, 0.29) is 24.0 Å². The van der Waals surface area contributed by atoms with Crippen molar-refractivity contribution >= 4 is 41.3 Å². The number of halogens is 1. The molecule has 31 heavy (non-hydrogen) atoms. The fourth-order valence-electron chi connectivity index (χ4n) is 3.76. The first-order valence-electron chi connectivity index (χ1n) is 10.5. The first-order chi connectivity index (χ1) is 14.8. The van der Waals surface area contributed by atoms with E-state index in [2.05, 4.69) is 68.4 Å². The largest absolute Gasteiger partial charge is 0.354 e. The molecule has 3 aromatic rings. The minimum absolute atomic E-state index is 0. The molecule has 1 aliphatic heterocycles. The summed E-state index contributed by atoms with van der Waals surface area (Å²) in [6.07, 6.45) is 2.26. The van der Waals surface area contributed by atoms with Gasteiger partial charge >= 0.3 is 0 Å². The Labute approximate surface area is 206 Å². The van der Waals surface area contributed by atoms with Crippen LogP contribution in [0.15, 0.2) is 71.0 Å². The predicted molar refractivity (Wildman–Crippen MR) is 141 cm³/mol. The van der Waals surface area contributed by atoms with Crippen LogP contribution in [-0.2, 0) is 13.1 Å². The number of piperidine rings is 1. The van der Waals surface area contributed by atoms with Crippen LogP contribution in [0.2, 0.25) is 0 Å². The van der Waals surface area contributed by atoms with Crippen molar-refractivity contribution < 1.29 is 0 Å². The van der Waals surface area contributed by atoms with Gasteiger partial charge in [0, 0.05) is 43.7 Å². The number of hydrogen-bond acceptors (Lipinski definition) is 4. The molecular weight excluding hydrogens is 517 g/mol. The summed E-state index contributed by atoms with van der Waals surface area (Å²) in [7, 11) is 1.83. The number of aliphatic imine (C=N–C) groups is 1. The summed E-state index contributed by atoms with van der Waals surface area (Å²) in [5.74, 6) is 0.855. The molecule has 164 valence electrons. The Morgan fingerprint density at radius 2 is 1.74 bits per heavy atom. The van der Waals surface area contributed by atoms with Crippen LogP contribution in [0, 0.1) is 0 Å². The molecule has 4 rings (SSSR count). The monoisotopic (exact) mass is 547 g/mol. The Balaban J connectivity index is 0.00000272. The summed E-state index contributed by atoms with van der Waals surface area (Å²) in [6.45, 7) is 3.94. The van der Waals surface area contributed by atoms with Gasteiger partial charge in [-0.2, -0.15) is 0 Å². The average molecular weight is 548 g/mol. The van der Waals surface area contributed by atoms with E-state index in [4.69, 9.17) is 4.98 Å². The number of guanidine groups is 1. The van der Waals surface area contributed by atoms with E-state index in [1.165, 1.54) is 5.56 Å². The van der Waals surface area contributed by atoms with Crippen molar-refractivity contribution in [2.24, 2.45) is 4.99 Å². The van der Waals surface area contributed by atoms with Crippen LogP contribution in [0.1, 0.15) is 23.4 Å². The smallest absolute Gasteiger partial charge is 0.191 e. The van der Waals surface area contributed by atoms with E-state index >= 15 is 0 Å². The van der Waals surface area contributed by atoms with Crippen molar-refractivity contribution in [3.63, 3.8) is 0 Å². The van der Waals surface area contributed by atoms with E-state index < -0.39 is 0 Å². The van der Waals surface area contributed by atoms with Gasteiger partial charge in [0.2, 0.25) is 0 Å². The lowest BCUT2D eigenvalue weighted by Gasteiger charge is -2.33. The highest BCUT2D eigenvalue weighted by atomic mass is 127. The summed E-state index contributed by atoms with van der Waals surface area (Å²) in [4.78, 5) is 11.7. The summed E-state index contributed by atoms with van der Waals surface area (Å²) in [6, 6.07) is 21.5. The lowest BCUT2D eigenvalue weighted by molar-refractivity contribution is 0.198. The van der Waals surface area contributed by atoms with E-state index in [9.17, 15) is 0 Å². The number of nitrogens with zero attached hydrogens (tertiary/aromatic N) is 3. The molecule has 0 amide bonds. The van der Waals surface area contributed by atoms with Crippen molar-refractivity contribution in [1.29, 1.82) is 0 Å². The minimum atomic E-state index is 0. The van der Waals surface area contributed by atoms with E-state index in [0.717, 1.165) is 54.7 Å². The molecule has 0 atom stereocenters. The van der Waals surface area contributed by atoms with Gasteiger partial charge in [-0.1, -0.05) is 60.7 Å². The maximum Gasteiger partial charge on any atom is 0.191 e. The number of thiazole rings is 1. The lowest BCUT2D eigenvalue weighted by Crippen LogP contribution is -2.48. The summed E-state index contributed by atoms with van der Waals surface area (Å²) < 4.78 is 0. The van der Waals surface area contributed by atoms with Gasteiger partial charge in [0.25, 0.3) is 0 Å². The first kappa shape index (κ1) is 23.7. The molecule has 2 aromatic carbocycles. The van der Waals surface area contributed by atoms with Crippen LogP contribution >= 0.6 is 35.3 Å². The normalized spacial score (nSPS) is 15.3. The molecule has 0 aliphatic carbocycles. The predicted octanol–water partition coefficient (Wildman–Crippen LogP) is 4.76. The summed E-state index contributed by atoms with van der Waals surface area (Å²) in [5, 5.41) is 10.2. The Morgan fingerprint density at radius 3 is 2.42 bits per heavy atom. The fraction of sp³-hybridized carbons (Fsp3) is 0.333. The van der Waals surface area contributed by atoms with E-state index in [0.29, 0.717) is 12.6 Å². The second kappa shape index (κ2) is 12.2. The van der Waals surface area contributed by atoms with Crippen LogP contribution in [0.5, 0.6) is 0 Å². The van der Waals surface area contributed by atoms with Crippen LogP contribution in [0.4, 0.5) is 0 Å². The summed E-state index contributed by atoms with van der Waals surface area (Å²) in [5.41, 5.74) is 3.58. The third-order valence-corrected chi connectivity index (χ3v) is 6.28. The van der Waals surface area contributed by atoms with E-state index in [1.54, 1.807) is 11.3 Å². The Kier molecular flexibility index (Phi) is 9.30. The highest BCUT2D eigenvalue weighted by Crippen LogP contribution is 2.21. The zero-order valence-corrected chi connectivity index (χ0v) is 21.0. The molecule has 1 saturated heterocycles. The standard InChI is InChI=1S/C24H29N5S.HI/c1-25-24(26-16-23-28-22(18-30-23)20-10-6-3-7-11-20)27-21-12-14-29(15-13-21)17-19-8-4-2-5-9-19;/h2-11,18,21H,12-17H2,1H3,(H2,25,26,27);1H. The molecule has 1 aromatic heterocycles. The molecule has 0 unspecified atom stereocenters. The van der Waals surface area contributed by atoms with E-state index in [1.807, 2.05) is 25.2 Å². The SMILES string of the molecule is CN=C(NCc1nc(-c2ccccc2)cs1)NC1CCN(Cc2ccccc2)CC1.I. The molecule has 0 bridgehead atoms. The first-order valence-corrected chi connectivity index (χ1v) is 11.4. The molecule has 0 saturated carbocycles. The highest BCUT2D eigenvalue weighted by molar-refractivity contribution is 14.0. The molecule has 0 spiro atoms. The molecule has 2 heterocycles. The third-order valence-electron chi connectivity index (χ3n) is 5.43. The van der Waals surface area contributed by atoms with Gasteiger partial charge in [-0.15, -0.1) is 35.3 Å². The zero-order valence-electron chi connectivity index (χ0n) is 17.8. The van der Waals surface area contributed by atoms with Crippen LogP contribution in [-0.4, -0.2) is 42.0 Å². The lowest BCUT2D eigenvalue weighted by atomic mass is 10.0. The second-order valence-electron chi connectivity index (χ2n) is 7.60. The van der Waals surface area contributed by atoms with Gasteiger partial charge in [0.15, 0.2) is 5.96 Å². The highest BCUT2D eigenvalue weighted by Gasteiger charge is 2.20. The molecule has 1 fully saturated rings. The van der Waals surface area contributed by atoms with Gasteiger partial charge in [-0.3, -0.25) is 9.89 Å². The van der Waals surface area contributed by atoms with Crippen molar-refractivity contribution in [2.45, 2.75) is 32.0 Å². The Morgan fingerprint density at radius 1 is 1.06 bits per heavy atom. The number of benzene rings is 2. The number of rotatable bonds is 6. The van der Waals surface area contributed by atoms with Gasteiger partial charge in [-0.05, 0) is 18.4 Å². The number of likely N-dealkylation sites (tertiary alicyclic amines) is 1. The second-order valence-corrected chi connectivity index (χ2v) is 8.54. The van der Waals surface area contributed by atoms with Crippen molar-refractivity contribution in [1.82, 2.24) is 20.5 Å². The van der Waals surface area contributed by atoms with Crippen molar-refractivity contribution in [2.75, 3.05) is 20.1 Å². The molecule has 5 nitrogen and oxygen atoms in total. The van der Waals surface area contributed by atoms with Crippen LogP contribution in [0.3, 0.4) is 0 Å². The van der Waals surface area contributed by atoms with Gasteiger partial charge in [-0.25, -0.2) is 4.98 Å². The van der Waals surface area contributed by atoms with Gasteiger partial charge in [0.05, 0.1) is 12.2 Å². The van der Waals surface area contributed by atoms with Gasteiger partial charge < -0.3 is 10.6 Å². The average Bonchev–Trinajstić information content (AvgIpc) is 3.28. The molecule has 2 N–H and O–H groups in total. The molecule has 1 aliphatic rings. The van der Waals surface area contributed by atoms with Crippen LogP contribution < -0.4 is 10.6 Å². The van der Waals surface area contributed by atoms with Crippen molar-refractivity contribution in [3.05, 3.63) is 76.6 Å². The molecular formula is C24H30IN5S. The molecule has 0 radical (unpaired) electrons. The number of nitrogens with one attached hydrogen (secondary N) is 2. The van der Waals surface area contributed by atoms with Gasteiger partial charge in [0.1, 0.15) is 5.01 Å². The summed E-state index contributed by atoms with van der Waals surface area (Å²) >= 11 is 1.68. The maximum absolute atomic E-state index is 4.75. The van der Waals surface area contributed by atoms with Crippen molar-refractivity contribution in [3.8, 4) is 11.3 Å². The zero-order chi connectivity index (χ0) is 20.6. The topological polar surface area (TPSA) is 52.6 Å². The maximum atomic E-state index is 4.75. The molecule has 7 heteroatoms. The Bertz CT molecular complexity index is 937. The number of hydrogen-bond donors (Lipinski definition) is 2. The fourth-order valence-corrected chi connectivity index (χ4v) is 4.50. The minimum Gasteiger partial charge on any atom is -0.354 e.